The molecule has 0 saturated heterocycles. The van der Waals surface area contributed by atoms with E-state index >= 15 is 0 Å². The van der Waals surface area contributed by atoms with Crippen LogP contribution in [0.4, 0.5) is 0 Å². The first-order valence-corrected chi connectivity index (χ1v) is 10.8. The summed E-state index contributed by atoms with van der Waals surface area (Å²) in [6, 6.07) is 13.8. The zero-order valence-electron chi connectivity index (χ0n) is 19.1. The predicted molar refractivity (Wildman–Crippen MR) is 141 cm³/mol. The molecule has 33 heavy (non-hydrogen) atoms. The van der Waals surface area contributed by atoms with Gasteiger partial charge in [-0.25, -0.2) is 0 Å². The Morgan fingerprint density at radius 3 is 2.61 bits per heavy atom. The van der Waals surface area contributed by atoms with Gasteiger partial charge in [0.15, 0.2) is 17.3 Å². The smallest absolute Gasteiger partial charge is 0.251 e. The number of halogens is 1. The molecule has 3 aromatic rings. The number of carbonyl (C=O) groups excluding carboxylic acids is 1. The van der Waals surface area contributed by atoms with Crippen molar-refractivity contribution < 1.29 is 19.1 Å². The molecule has 0 bridgehead atoms. The van der Waals surface area contributed by atoms with Crippen molar-refractivity contribution in [3.05, 3.63) is 59.9 Å². The van der Waals surface area contributed by atoms with Gasteiger partial charge in [0.05, 0.1) is 19.2 Å². The number of rotatable bonds is 9. The molecule has 8 nitrogen and oxygen atoms in total. The van der Waals surface area contributed by atoms with Gasteiger partial charge in [-0.2, -0.15) is 0 Å². The Morgan fingerprint density at radius 1 is 1.15 bits per heavy atom. The molecule has 4 N–H and O–H groups in total. The number of benzene rings is 2. The Labute approximate surface area is 210 Å². The molecule has 1 unspecified atom stereocenters. The van der Waals surface area contributed by atoms with E-state index in [1.807, 2.05) is 45.0 Å². The van der Waals surface area contributed by atoms with Crippen molar-refractivity contribution >= 4 is 46.8 Å². The maximum absolute atomic E-state index is 12.2. The Balaban J connectivity index is 0.00000385. The van der Waals surface area contributed by atoms with Gasteiger partial charge in [0.2, 0.25) is 0 Å². The van der Waals surface area contributed by atoms with E-state index in [-0.39, 0.29) is 41.7 Å². The number of aliphatic imine (C=N–C) groups is 1. The summed E-state index contributed by atoms with van der Waals surface area (Å²) in [7, 11) is 0. The standard InChI is InChI=1S/C24H30N4O4.HI/c1-4-25-24(27-14-13-26-23(30)17-9-11-19(29)12-10-17)28-16(3)21-15-18-7-6-8-20(31-5-2)22(18)32-21;/h6-12,15-16,29H,4-5,13-14H2,1-3H3,(H,26,30)(H2,25,27,28);1H. The average Bonchev–Trinajstić information content (AvgIpc) is 3.23. The summed E-state index contributed by atoms with van der Waals surface area (Å²) in [5, 5.41) is 19.7. The molecule has 178 valence electrons. The molecule has 0 spiro atoms. The van der Waals surface area contributed by atoms with Crippen LogP contribution in [0.1, 0.15) is 42.9 Å². The maximum atomic E-state index is 12.2. The van der Waals surface area contributed by atoms with Gasteiger partial charge in [-0.3, -0.25) is 9.79 Å². The van der Waals surface area contributed by atoms with E-state index in [2.05, 4.69) is 20.9 Å². The molecular weight excluding hydrogens is 535 g/mol. The Kier molecular flexibility index (Phi) is 10.3. The lowest BCUT2D eigenvalue weighted by molar-refractivity contribution is 0.0955. The van der Waals surface area contributed by atoms with E-state index in [9.17, 15) is 9.90 Å². The molecule has 0 saturated carbocycles. The molecular formula is C24H31IN4O4. The van der Waals surface area contributed by atoms with Crippen LogP contribution < -0.4 is 20.7 Å². The normalized spacial score (nSPS) is 12.0. The van der Waals surface area contributed by atoms with Crippen LogP contribution in [0.5, 0.6) is 11.5 Å². The summed E-state index contributed by atoms with van der Waals surface area (Å²) in [5.74, 6) is 2.05. The topological polar surface area (TPSA) is 108 Å². The SMILES string of the molecule is CCNC(=NCCNC(=O)c1ccc(O)cc1)NC(C)c1cc2cccc(OCC)c2o1.I. The number of phenolic OH excluding ortho intramolecular Hbond substituents is 1. The van der Waals surface area contributed by atoms with E-state index < -0.39 is 0 Å². The molecule has 1 amide bonds. The highest BCUT2D eigenvalue weighted by molar-refractivity contribution is 14.0. The number of nitrogens with one attached hydrogen (secondary N) is 3. The van der Waals surface area contributed by atoms with Crippen molar-refractivity contribution in [2.75, 3.05) is 26.2 Å². The van der Waals surface area contributed by atoms with Crippen LogP contribution in [0, 0.1) is 0 Å². The van der Waals surface area contributed by atoms with Gasteiger partial charge in [0.1, 0.15) is 11.5 Å². The van der Waals surface area contributed by atoms with Gasteiger partial charge >= 0.3 is 0 Å². The van der Waals surface area contributed by atoms with Crippen LogP contribution in [-0.4, -0.2) is 43.2 Å². The minimum atomic E-state index is -0.209. The summed E-state index contributed by atoms with van der Waals surface area (Å²) in [6.45, 7) is 7.99. The van der Waals surface area contributed by atoms with E-state index in [1.165, 1.54) is 12.1 Å². The van der Waals surface area contributed by atoms with Gasteiger partial charge in [-0.15, -0.1) is 24.0 Å². The first-order valence-electron chi connectivity index (χ1n) is 10.8. The fraction of sp³-hybridized carbons (Fsp3) is 0.333. The predicted octanol–water partition coefficient (Wildman–Crippen LogP) is 4.20. The molecule has 9 heteroatoms. The highest BCUT2D eigenvalue weighted by Crippen LogP contribution is 2.31. The zero-order valence-corrected chi connectivity index (χ0v) is 21.4. The van der Waals surface area contributed by atoms with Gasteiger partial charge in [-0.05, 0) is 57.2 Å². The highest BCUT2D eigenvalue weighted by atomic mass is 127. The van der Waals surface area contributed by atoms with Crippen LogP contribution in [0.25, 0.3) is 11.0 Å². The van der Waals surface area contributed by atoms with Crippen molar-refractivity contribution in [3.63, 3.8) is 0 Å². The third kappa shape index (κ3) is 7.28. The minimum absolute atomic E-state index is 0. The average molecular weight is 566 g/mol. The third-order valence-corrected chi connectivity index (χ3v) is 4.75. The van der Waals surface area contributed by atoms with Crippen molar-refractivity contribution in [1.82, 2.24) is 16.0 Å². The van der Waals surface area contributed by atoms with Crippen molar-refractivity contribution in [2.45, 2.75) is 26.8 Å². The van der Waals surface area contributed by atoms with Gasteiger partial charge in [0, 0.05) is 24.0 Å². The van der Waals surface area contributed by atoms with Gasteiger partial charge in [0.25, 0.3) is 5.91 Å². The number of furan rings is 1. The molecule has 0 aliphatic heterocycles. The minimum Gasteiger partial charge on any atom is -0.508 e. The summed E-state index contributed by atoms with van der Waals surface area (Å²) < 4.78 is 11.7. The maximum Gasteiger partial charge on any atom is 0.251 e. The highest BCUT2D eigenvalue weighted by Gasteiger charge is 2.15. The lowest BCUT2D eigenvalue weighted by Gasteiger charge is -2.16. The summed E-state index contributed by atoms with van der Waals surface area (Å²) in [5.41, 5.74) is 1.22. The van der Waals surface area contributed by atoms with Crippen molar-refractivity contribution in [3.8, 4) is 11.5 Å². The molecule has 0 radical (unpaired) electrons. The fourth-order valence-electron chi connectivity index (χ4n) is 3.19. The number of hydrogen-bond acceptors (Lipinski definition) is 5. The second-order valence-electron chi connectivity index (χ2n) is 7.19. The molecule has 1 atom stereocenters. The number of para-hydroxylation sites is 1. The van der Waals surface area contributed by atoms with Crippen LogP contribution in [0.3, 0.4) is 0 Å². The Bertz CT molecular complexity index is 1070. The number of amides is 1. The van der Waals surface area contributed by atoms with Gasteiger partial charge < -0.3 is 30.2 Å². The van der Waals surface area contributed by atoms with Crippen LogP contribution in [0.15, 0.2) is 57.9 Å². The van der Waals surface area contributed by atoms with Gasteiger partial charge in [-0.1, -0.05) is 12.1 Å². The first-order chi connectivity index (χ1) is 15.5. The second-order valence-corrected chi connectivity index (χ2v) is 7.19. The molecule has 1 heterocycles. The first kappa shape index (κ1) is 26.3. The molecule has 1 aromatic heterocycles. The zero-order chi connectivity index (χ0) is 22.9. The van der Waals surface area contributed by atoms with Crippen LogP contribution >= 0.6 is 24.0 Å². The fourth-order valence-corrected chi connectivity index (χ4v) is 3.19. The Hall–Kier alpha value is -2.95. The van der Waals surface area contributed by atoms with Crippen LogP contribution in [-0.2, 0) is 0 Å². The third-order valence-electron chi connectivity index (χ3n) is 4.75. The molecule has 0 fully saturated rings. The number of hydrogen-bond donors (Lipinski definition) is 4. The number of phenols is 1. The van der Waals surface area contributed by atoms with Crippen LogP contribution in [0.2, 0.25) is 0 Å². The number of ether oxygens (including phenoxy) is 1. The second kappa shape index (κ2) is 12.9. The number of fused-ring (bicyclic) bond motifs is 1. The molecule has 0 aliphatic rings. The van der Waals surface area contributed by atoms with Crippen molar-refractivity contribution in [1.29, 1.82) is 0 Å². The lowest BCUT2D eigenvalue weighted by Crippen LogP contribution is -2.39. The number of carbonyl (C=O) groups is 1. The summed E-state index contributed by atoms with van der Waals surface area (Å²) >= 11 is 0. The Morgan fingerprint density at radius 2 is 1.91 bits per heavy atom. The quantitative estimate of drug-likeness (QED) is 0.134. The van der Waals surface area contributed by atoms with E-state index in [0.717, 1.165) is 22.5 Å². The lowest BCUT2D eigenvalue weighted by atomic mass is 10.2. The van der Waals surface area contributed by atoms with E-state index in [1.54, 1.807) is 12.1 Å². The number of nitrogens with zero attached hydrogens (tertiary/aromatic N) is 1. The summed E-state index contributed by atoms with van der Waals surface area (Å²) in [4.78, 5) is 16.7. The molecule has 3 rings (SSSR count). The largest absolute Gasteiger partial charge is 0.508 e. The molecule has 0 aliphatic carbocycles. The molecule has 2 aromatic carbocycles. The van der Waals surface area contributed by atoms with E-state index in [4.69, 9.17) is 9.15 Å². The van der Waals surface area contributed by atoms with Crippen molar-refractivity contribution in [2.24, 2.45) is 4.99 Å². The number of guanidine groups is 1. The number of aromatic hydroxyl groups is 1. The van der Waals surface area contributed by atoms with E-state index in [0.29, 0.717) is 37.8 Å². The monoisotopic (exact) mass is 566 g/mol. The summed E-state index contributed by atoms with van der Waals surface area (Å²) in [6.07, 6.45) is 0.